The first-order valence-electron chi connectivity index (χ1n) is 11.6. The average Bonchev–Trinajstić information content (AvgIpc) is 3.61. The molecule has 0 amide bonds. The Morgan fingerprint density at radius 3 is 2.70 bits per heavy atom. The first-order valence-corrected chi connectivity index (χ1v) is 12.4. The van der Waals surface area contributed by atoms with Gasteiger partial charge in [-0.25, -0.2) is 14.4 Å². The van der Waals surface area contributed by atoms with Gasteiger partial charge in [0.15, 0.2) is 11.5 Å². The van der Waals surface area contributed by atoms with E-state index in [-0.39, 0.29) is 17.0 Å². The summed E-state index contributed by atoms with van der Waals surface area (Å²) < 4.78 is 18.5. The molecule has 0 aliphatic carbocycles. The number of H-pyrrole nitrogens is 2. The molecule has 2 aliphatic heterocycles. The quantitative estimate of drug-likeness (QED) is 0.258. The third-order valence-electron chi connectivity index (χ3n) is 6.31. The molecule has 2 aliphatic rings. The van der Waals surface area contributed by atoms with Crippen LogP contribution in [0.15, 0.2) is 49.1 Å². The first-order chi connectivity index (χ1) is 17.8. The van der Waals surface area contributed by atoms with E-state index in [1.54, 1.807) is 35.3 Å². The highest BCUT2D eigenvalue weighted by Crippen LogP contribution is 2.34. The molecule has 182 valence electrons. The molecule has 8 bridgehead atoms. The molecule has 0 unspecified atom stereocenters. The van der Waals surface area contributed by atoms with Gasteiger partial charge in [0, 0.05) is 23.2 Å². The molecule has 2 N–H and O–H groups in total. The van der Waals surface area contributed by atoms with Crippen molar-refractivity contribution in [1.29, 1.82) is 0 Å². The van der Waals surface area contributed by atoms with E-state index in [1.807, 2.05) is 32.9 Å². The monoisotopic (exact) mass is 510 g/mol. The van der Waals surface area contributed by atoms with Crippen LogP contribution in [0.5, 0.6) is 0 Å². The zero-order valence-electron chi connectivity index (χ0n) is 20.0. The molecule has 5 aromatic heterocycles. The predicted molar refractivity (Wildman–Crippen MR) is 142 cm³/mol. The van der Waals surface area contributed by atoms with Gasteiger partial charge >= 0.3 is 0 Å². The van der Waals surface area contributed by atoms with Crippen LogP contribution in [0.1, 0.15) is 25.6 Å². The van der Waals surface area contributed by atoms with Crippen LogP contribution in [0.3, 0.4) is 0 Å². The fraction of sp³-hybridized carbons (Fsp3) is 0.154. The van der Waals surface area contributed by atoms with Crippen molar-refractivity contribution in [2.75, 3.05) is 0 Å². The number of hydrogen-bond acceptors (Lipinski definition) is 7. The molecule has 9 nitrogen and oxygen atoms in total. The number of fused-ring (bicyclic) bond motifs is 9. The van der Waals surface area contributed by atoms with E-state index >= 15 is 4.39 Å². The lowest BCUT2D eigenvalue weighted by atomic mass is 9.95. The van der Waals surface area contributed by atoms with E-state index in [2.05, 4.69) is 30.1 Å². The standard InChI is InChI=1S/C26H19FN8OS/c1-26(2,3)25(36)35-13-8-12(9-28-10-13)20-19(27)18-15(11-30-20)33-34-23(18)24-31-14-6-7-29-22(21(14)32-24)16-4-5-17(35)37-16/h4-11,33-34H,1-3H3. The van der Waals surface area contributed by atoms with Gasteiger partial charge in [-0.2, -0.15) is 0 Å². The van der Waals surface area contributed by atoms with Crippen LogP contribution >= 0.6 is 11.3 Å². The molecule has 7 heterocycles. The number of imidazole rings is 1. The Hall–Kier alpha value is -4.51. The Labute approximate surface area is 212 Å². The van der Waals surface area contributed by atoms with Gasteiger partial charge in [0.05, 0.1) is 39.2 Å². The van der Waals surface area contributed by atoms with Gasteiger partial charge in [0.1, 0.15) is 27.1 Å². The van der Waals surface area contributed by atoms with Crippen LogP contribution in [-0.4, -0.2) is 45.6 Å². The fourth-order valence-corrected chi connectivity index (χ4v) is 5.53. The Morgan fingerprint density at radius 1 is 1.00 bits per heavy atom. The highest BCUT2D eigenvalue weighted by molar-refractivity contribution is 7.24. The summed E-state index contributed by atoms with van der Waals surface area (Å²) in [5.41, 5.74) is 3.32. The molecule has 0 radical (unpaired) electrons. The van der Waals surface area contributed by atoms with Crippen molar-refractivity contribution in [1.82, 2.24) is 39.7 Å². The van der Waals surface area contributed by atoms with Crippen LogP contribution in [-0.2, 0) is 0 Å². The zero-order valence-corrected chi connectivity index (χ0v) is 20.8. The smallest absolute Gasteiger partial charge is 0.237 e. The molecular weight excluding hydrogens is 491 g/mol. The molecular formula is C26H19FN8OS. The largest absolute Gasteiger partial charge is 0.298 e. The van der Waals surface area contributed by atoms with Crippen LogP contribution in [0.2, 0.25) is 0 Å². The number of thiophene rings is 1. The van der Waals surface area contributed by atoms with Crippen molar-refractivity contribution >= 4 is 70.9 Å². The SMILES string of the molecule is CC(C)(C)C(=O)n1c2cncc(c2)c2ncc3[nH][nH]c(c4nc5ccnc(c6ccc1s6)c5n4)-c3c2F. The van der Waals surface area contributed by atoms with Gasteiger partial charge in [0.25, 0.3) is 0 Å². The maximum Gasteiger partial charge on any atom is 0.237 e. The van der Waals surface area contributed by atoms with E-state index in [0.717, 1.165) is 4.70 Å². The summed E-state index contributed by atoms with van der Waals surface area (Å²) in [6, 6.07) is 7.31. The summed E-state index contributed by atoms with van der Waals surface area (Å²) >= 11 is 1.42. The van der Waals surface area contributed by atoms with E-state index in [4.69, 9.17) is 4.98 Å². The normalized spacial score (nSPS) is 12.4. The molecule has 0 aromatic carbocycles. The van der Waals surface area contributed by atoms with Gasteiger partial charge in [0.2, 0.25) is 5.91 Å². The Kier molecular flexibility index (Phi) is 4.41. The molecule has 5 aromatic rings. The highest BCUT2D eigenvalue weighted by atomic mass is 32.1. The summed E-state index contributed by atoms with van der Waals surface area (Å²) in [5.74, 6) is -0.672. The molecule has 0 atom stereocenters. The predicted octanol–water partition coefficient (Wildman–Crippen LogP) is 6.00. The Balaban J connectivity index is 1.76. The number of carbonyl (C=O) groups is 1. The third-order valence-corrected chi connectivity index (χ3v) is 7.39. The molecule has 0 spiro atoms. The number of carbonyl (C=O) groups excluding carboxylic acids is 1. The zero-order chi connectivity index (χ0) is 25.5. The summed E-state index contributed by atoms with van der Waals surface area (Å²) in [6.07, 6.45) is 6.37. The summed E-state index contributed by atoms with van der Waals surface area (Å²) in [6.45, 7) is 5.58. The lowest BCUT2D eigenvalue weighted by Gasteiger charge is -2.19. The Morgan fingerprint density at radius 2 is 1.86 bits per heavy atom. The number of pyridine rings is 3. The highest BCUT2D eigenvalue weighted by Gasteiger charge is 2.25. The molecule has 11 heteroatoms. The number of rotatable bonds is 0. The van der Waals surface area contributed by atoms with Gasteiger partial charge in [-0.1, -0.05) is 20.8 Å². The van der Waals surface area contributed by atoms with Crippen LogP contribution in [0.25, 0.3) is 64.9 Å². The average molecular weight is 511 g/mol. The summed E-state index contributed by atoms with van der Waals surface area (Å²) in [4.78, 5) is 37.1. The lowest BCUT2D eigenvalue weighted by molar-refractivity contribution is 0.0778. The molecule has 0 fully saturated rings. The van der Waals surface area contributed by atoms with Gasteiger partial charge < -0.3 is 0 Å². The number of aromatic nitrogens is 8. The minimum Gasteiger partial charge on any atom is -0.298 e. The van der Waals surface area contributed by atoms with Crippen LogP contribution in [0, 0.1) is 11.2 Å². The molecule has 0 saturated carbocycles. The second-order valence-electron chi connectivity index (χ2n) is 9.87. The summed E-state index contributed by atoms with van der Waals surface area (Å²) in [7, 11) is 0. The number of aromatic amines is 2. The lowest BCUT2D eigenvalue weighted by Crippen LogP contribution is -2.26. The number of nitrogens with zero attached hydrogens (tertiary/aromatic N) is 6. The third kappa shape index (κ3) is 3.20. The van der Waals surface area contributed by atoms with Crippen molar-refractivity contribution in [3.8, 4) is 11.3 Å². The van der Waals surface area contributed by atoms with E-state index in [1.165, 1.54) is 17.5 Å². The molecule has 0 saturated heterocycles. The van der Waals surface area contributed by atoms with Crippen molar-refractivity contribution in [3.05, 3.63) is 54.9 Å². The maximum atomic E-state index is 16.1. The van der Waals surface area contributed by atoms with Gasteiger partial charge in [-0.05, 0) is 24.3 Å². The minimum absolute atomic E-state index is 0.111. The first kappa shape index (κ1) is 21.7. The minimum atomic E-state index is -0.689. The maximum absolute atomic E-state index is 16.1. The Bertz CT molecular complexity index is 2080. The van der Waals surface area contributed by atoms with E-state index < -0.39 is 11.2 Å². The van der Waals surface area contributed by atoms with E-state index in [0.29, 0.717) is 49.1 Å². The molecule has 37 heavy (non-hydrogen) atoms. The van der Waals surface area contributed by atoms with Crippen molar-refractivity contribution in [3.63, 3.8) is 0 Å². The van der Waals surface area contributed by atoms with Gasteiger partial charge in [-0.3, -0.25) is 34.5 Å². The van der Waals surface area contributed by atoms with Gasteiger partial charge in [-0.15, -0.1) is 11.3 Å². The van der Waals surface area contributed by atoms with Crippen molar-refractivity contribution in [2.45, 2.75) is 20.8 Å². The molecule has 7 rings (SSSR count). The van der Waals surface area contributed by atoms with Crippen LogP contribution < -0.4 is 0 Å². The number of halogens is 1. The van der Waals surface area contributed by atoms with E-state index in [9.17, 15) is 4.79 Å². The number of nitrogens with one attached hydrogen (secondary N) is 2. The second kappa shape index (κ2) is 7.50. The summed E-state index contributed by atoms with van der Waals surface area (Å²) in [5, 5.41) is 6.41. The number of hydrogen-bond donors (Lipinski definition) is 2. The van der Waals surface area contributed by atoms with Crippen molar-refractivity contribution in [2.24, 2.45) is 5.41 Å². The fourth-order valence-electron chi connectivity index (χ4n) is 4.50. The second-order valence-corrected chi connectivity index (χ2v) is 10.9. The topological polar surface area (TPSA) is 118 Å². The van der Waals surface area contributed by atoms with Crippen LogP contribution in [0.4, 0.5) is 4.39 Å². The van der Waals surface area contributed by atoms with Crippen molar-refractivity contribution < 1.29 is 9.18 Å².